The zero-order chi connectivity index (χ0) is 14.8. The number of aromatic nitrogens is 1. The number of urea groups is 1. The first-order valence-corrected chi connectivity index (χ1v) is 6.42. The summed E-state index contributed by atoms with van der Waals surface area (Å²) >= 11 is 0. The fourth-order valence-electron chi connectivity index (χ4n) is 1.99. The van der Waals surface area contributed by atoms with E-state index >= 15 is 0 Å². The number of hydrogen-bond acceptors (Lipinski definition) is 3. The molecule has 0 aromatic carbocycles. The molecule has 1 aliphatic rings. The zero-order valence-electron chi connectivity index (χ0n) is 11.5. The van der Waals surface area contributed by atoms with Crippen molar-refractivity contribution in [1.29, 1.82) is 0 Å². The van der Waals surface area contributed by atoms with Gasteiger partial charge in [0.2, 0.25) is 5.91 Å². The number of carbonyl (C=O) groups is 3. The lowest BCUT2D eigenvalue weighted by atomic mass is 10.1. The molecule has 0 bridgehead atoms. The topological polar surface area (TPSA) is 94.3 Å². The van der Waals surface area contributed by atoms with Crippen LogP contribution in [0.4, 0.5) is 4.79 Å². The minimum Gasteiger partial charge on any atom is -0.367 e. The molecule has 2 heterocycles. The molecule has 3 N–H and O–H groups in total. The zero-order valence-corrected chi connectivity index (χ0v) is 11.5. The van der Waals surface area contributed by atoms with Crippen molar-refractivity contribution >= 4 is 17.8 Å². The molecule has 108 valence electrons. The van der Waals surface area contributed by atoms with E-state index in [1.54, 1.807) is 26.2 Å². The van der Waals surface area contributed by atoms with E-state index in [2.05, 4.69) is 15.6 Å². The number of nitrogens with one attached hydrogen (secondary N) is 3. The van der Waals surface area contributed by atoms with E-state index in [1.165, 1.54) is 0 Å². The second-order valence-electron chi connectivity index (χ2n) is 5.26. The molecule has 0 unspecified atom stereocenters. The van der Waals surface area contributed by atoms with Crippen LogP contribution in [0.5, 0.6) is 0 Å². The fraction of sp³-hybridized carbons (Fsp3) is 0.462. The Hall–Kier alpha value is -2.31. The summed E-state index contributed by atoms with van der Waals surface area (Å²) in [5.74, 6) is -0.502. The Labute approximate surface area is 116 Å². The van der Waals surface area contributed by atoms with Crippen molar-refractivity contribution < 1.29 is 14.4 Å². The lowest BCUT2D eigenvalue weighted by molar-refractivity contribution is -0.130. The largest absolute Gasteiger partial charge is 0.367 e. The van der Waals surface area contributed by atoms with Crippen LogP contribution in [-0.4, -0.2) is 39.8 Å². The van der Waals surface area contributed by atoms with E-state index in [0.29, 0.717) is 6.54 Å². The molecule has 0 saturated carbocycles. The predicted molar refractivity (Wildman–Crippen MR) is 71.6 cm³/mol. The third kappa shape index (κ3) is 2.98. The molecular formula is C13H18N4O3. The van der Waals surface area contributed by atoms with Gasteiger partial charge in [-0.3, -0.25) is 14.5 Å². The average molecular weight is 278 g/mol. The first-order valence-electron chi connectivity index (χ1n) is 6.42. The number of H-pyrrole nitrogens is 1. The van der Waals surface area contributed by atoms with Crippen LogP contribution in [0.1, 0.15) is 25.8 Å². The maximum Gasteiger partial charge on any atom is 0.325 e. The second kappa shape index (κ2) is 5.36. The number of amides is 4. The second-order valence-corrected chi connectivity index (χ2v) is 5.26. The van der Waals surface area contributed by atoms with Crippen molar-refractivity contribution in [3.8, 4) is 0 Å². The van der Waals surface area contributed by atoms with Crippen LogP contribution in [0.25, 0.3) is 0 Å². The third-order valence-electron chi connectivity index (χ3n) is 3.16. The summed E-state index contributed by atoms with van der Waals surface area (Å²) in [6.07, 6.45) is 3.66. The molecule has 1 aromatic heterocycles. The van der Waals surface area contributed by atoms with Crippen LogP contribution in [0.2, 0.25) is 0 Å². The molecule has 1 aliphatic heterocycles. The number of hydrogen-bond donors (Lipinski definition) is 3. The van der Waals surface area contributed by atoms with Crippen LogP contribution in [-0.2, 0) is 16.1 Å². The third-order valence-corrected chi connectivity index (χ3v) is 3.16. The van der Waals surface area contributed by atoms with E-state index in [4.69, 9.17) is 0 Å². The number of nitrogens with zero attached hydrogens (tertiary/aromatic N) is 1. The van der Waals surface area contributed by atoms with Crippen LogP contribution in [0, 0.1) is 0 Å². The lowest BCUT2D eigenvalue weighted by Crippen LogP contribution is -2.40. The molecule has 0 atom stereocenters. The Morgan fingerprint density at radius 1 is 1.40 bits per heavy atom. The summed E-state index contributed by atoms with van der Waals surface area (Å²) in [6, 6.07) is 1.42. The Balaban J connectivity index is 1.79. The smallest absolute Gasteiger partial charge is 0.325 e. The quantitative estimate of drug-likeness (QED) is 0.678. The molecule has 0 radical (unpaired) electrons. The normalized spacial score (nSPS) is 17.2. The van der Waals surface area contributed by atoms with Crippen molar-refractivity contribution in [3.63, 3.8) is 0 Å². The highest BCUT2D eigenvalue weighted by atomic mass is 16.2. The molecule has 1 fully saturated rings. The first kappa shape index (κ1) is 14.1. The number of imide groups is 1. The Kier molecular flexibility index (Phi) is 3.78. The molecule has 2 rings (SSSR count). The van der Waals surface area contributed by atoms with Gasteiger partial charge in [0.25, 0.3) is 5.91 Å². The highest BCUT2D eigenvalue weighted by molar-refractivity contribution is 6.06. The number of aromatic amines is 1. The van der Waals surface area contributed by atoms with Crippen molar-refractivity contribution in [2.75, 3.05) is 6.54 Å². The van der Waals surface area contributed by atoms with E-state index < -0.39 is 11.6 Å². The van der Waals surface area contributed by atoms with Gasteiger partial charge >= 0.3 is 6.03 Å². The van der Waals surface area contributed by atoms with Gasteiger partial charge in [0.15, 0.2) is 0 Å². The van der Waals surface area contributed by atoms with Gasteiger partial charge in [-0.05, 0) is 25.5 Å². The minimum atomic E-state index is -0.890. The van der Waals surface area contributed by atoms with Gasteiger partial charge in [-0.2, -0.15) is 0 Å². The highest BCUT2D eigenvalue weighted by Gasteiger charge is 2.43. The van der Waals surface area contributed by atoms with Crippen LogP contribution < -0.4 is 10.6 Å². The number of rotatable bonds is 5. The maximum absolute atomic E-state index is 11.9. The summed E-state index contributed by atoms with van der Waals surface area (Å²) < 4.78 is 0. The predicted octanol–water partition coefficient (Wildman–Crippen LogP) is 0.351. The highest BCUT2D eigenvalue weighted by Crippen LogP contribution is 2.16. The van der Waals surface area contributed by atoms with Gasteiger partial charge in [0.05, 0.1) is 0 Å². The number of carbonyl (C=O) groups excluding carboxylic acids is 3. The SMILES string of the molecule is CC1(C)NC(=O)N(CCC(=O)NCc2cc[nH]c2)C1=O. The van der Waals surface area contributed by atoms with Gasteiger partial charge in [0, 0.05) is 31.9 Å². The van der Waals surface area contributed by atoms with Gasteiger partial charge in [-0.1, -0.05) is 0 Å². The molecule has 1 saturated heterocycles. The Bertz CT molecular complexity index is 522. The minimum absolute atomic E-state index is 0.0903. The van der Waals surface area contributed by atoms with Crippen LogP contribution in [0.15, 0.2) is 18.5 Å². The summed E-state index contributed by atoms with van der Waals surface area (Å²) in [5, 5.41) is 5.30. The average Bonchev–Trinajstić information content (AvgIpc) is 2.94. The van der Waals surface area contributed by atoms with E-state index in [0.717, 1.165) is 10.5 Å². The van der Waals surface area contributed by atoms with Crippen LogP contribution in [0.3, 0.4) is 0 Å². The molecule has 7 nitrogen and oxygen atoms in total. The van der Waals surface area contributed by atoms with Crippen molar-refractivity contribution in [3.05, 3.63) is 24.0 Å². The summed E-state index contributed by atoms with van der Waals surface area (Å²) in [6.45, 7) is 3.79. The van der Waals surface area contributed by atoms with Gasteiger partial charge < -0.3 is 15.6 Å². The van der Waals surface area contributed by atoms with E-state index in [1.807, 2.05) is 6.07 Å². The molecule has 4 amide bonds. The summed E-state index contributed by atoms with van der Waals surface area (Å²) in [7, 11) is 0. The molecule has 0 spiro atoms. The van der Waals surface area contributed by atoms with Crippen LogP contribution >= 0.6 is 0 Å². The fourth-order valence-corrected chi connectivity index (χ4v) is 1.99. The molecule has 1 aromatic rings. The van der Waals surface area contributed by atoms with E-state index in [-0.39, 0.29) is 24.8 Å². The monoisotopic (exact) mass is 278 g/mol. The van der Waals surface area contributed by atoms with E-state index in [9.17, 15) is 14.4 Å². The van der Waals surface area contributed by atoms with Gasteiger partial charge in [-0.25, -0.2) is 4.79 Å². The Morgan fingerprint density at radius 2 is 2.15 bits per heavy atom. The van der Waals surface area contributed by atoms with Gasteiger partial charge in [-0.15, -0.1) is 0 Å². The molecule has 20 heavy (non-hydrogen) atoms. The first-order chi connectivity index (χ1) is 9.40. The molecule has 7 heteroatoms. The summed E-state index contributed by atoms with van der Waals surface area (Å²) in [4.78, 5) is 39.2. The van der Waals surface area contributed by atoms with Gasteiger partial charge in [0.1, 0.15) is 5.54 Å². The summed E-state index contributed by atoms with van der Waals surface area (Å²) in [5.41, 5.74) is 0.0769. The van der Waals surface area contributed by atoms with Crippen molar-refractivity contribution in [2.24, 2.45) is 0 Å². The molecular weight excluding hydrogens is 260 g/mol. The standard InChI is InChI=1S/C13H18N4O3/c1-13(2)11(19)17(12(20)16-13)6-4-10(18)15-8-9-3-5-14-7-9/h3,5,7,14H,4,6,8H2,1-2H3,(H,15,18)(H,16,20). The van der Waals surface area contributed by atoms with Crippen molar-refractivity contribution in [1.82, 2.24) is 20.5 Å². The maximum atomic E-state index is 11.9. The lowest BCUT2D eigenvalue weighted by Gasteiger charge is -2.15. The Morgan fingerprint density at radius 3 is 2.70 bits per heavy atom. The van der Waals surface area contributed by atoms with Crippen molar-refractivity contribution in [2.45, 2.75) is 32.4 Å². The molecule has 0 aliphatic carbocycles.